The summed E-state index contributed by atoms with van der Waals surface area (Å²) in [4.78, 5) is 30.3. The molecule has 41 heavy (non-hydrogen) atoms. The minimum atomic E-state index is -0.675. The van der Waals surface area contributed by atoms with E-state index in [2.05, 4.69) is 5.32 Å². The number of hydrogen-bond donors (Lipinski definition) is 1. The molecule has 0 saturated heterocycles. The number of ether oxygens (including phenoxy) is 2. The summed E-state index contributed by atoms with van der Waals surface area (Å²) in [7, 11) is 3.20. The Bertz CT molecular complexity index is 1670. The number of Topliss-reactive ketones (excluding diaryl/α,β-unsaturated/α-hetero) is 1. The molecule has 2 aliphatic rings. The molecule has 0 fully saturated rings. The monoisotopic (exact) mass is 564 g/mol. The lowest BCUT2D eigenvalue weighted by Gasteiger charge is -2.35. The fourth-order valence-electron chi connectivity index (χ4n) is 5.87. The second kappa shape index (κ2) is 11.1. The number of nitrogens with zero attached hydrogens (tertiary/aromatic N) is 1. The van der Waals surface area contributed by atoms with Crippen molar-refractivity contribution in [2.24, 2.45) is 0 Å². The number of ketones is 1. The number of halogens is 1. The molecule has 7 heteroatoms. The maximum atomic E-state index is 14.3. The van der Waals surface area contributed by atoms with E-state index in [1.165, 1.54) is 0 Å². The molecule has 0 spiro atoms. The number of hydrogen-bond acceptors (Lipinski definition) is 5. The van der Waals surface area contributed by atoms with Crippen LogP contribution >= 0.6 is 11.6 Å². The summed E-state index contributed by atoms with van der Waals surface area (Å²) in [6.07, 6.45) is 0.867. The zero-order chi connectivity index (χ0) is 28.5. The molecule has 1 heterocycles. The van der Waals surface area contributed by atoms with E-state index in [1.807, 2.05) is 78.9 Å². The number of para-hydroxylation sites is 2. The molecule has 4 aromatic rings. The first kappa shape index (κ1) is 26.7. The molecule has 0 radical (unpaired) electrons. The molecule has 1 N–H and O–H groups in total. The van der Waals surface area contributed by atoms with Crippen LogP contribution in [0.3, 0.4) is 0 Å². The average molecular weight is 565 g/mol. The highest BCUT2D eigenvalue weighted by molar-refractivity contribution is 6.30. The van der Waals surface area contributed by atoms with Gasteiger partial charge in [-0.2, -0.15) is 0 Å². The maximum Gasteiger partial charge on any atom is 0.259 e. The van der Waals surface area contributed by atoms with E-state index in [-0.39, 0.29) is 24.0 Å². The smallest absolute Gasteiger partial charge is 0.259 e. The first-order valence-corrected chi connectivity index (χ1v) is 13.8. The molecule has 0 saturated carbocycles. The number of allylic oxidation sites excluding steroid dienone is 1. The van der Waals surface area contributed by atoms with Gasteiger partial charge in [0.1, 0.15) is 0 Å². The van der Waals surface area contributed by atoms with E-state index in [0.717, 1.165) is 22.5 Å². The predicted molar refractivity (Wildman–Crippen MR) is 161 cm³/mol. The Labute approximate surface area is 244 Å². The zero-order valence-electron chi connectivity index (χ0n) is 22.8. The van der Waals surface area contributed by atoms with Gasteiger partial charge in [0.15, 0.2) is 17.3 Å². The third-order valence-electron chi connectivity index (χ3n) is 7.77. The molecular weight excluding hydrogens is 536 g/mol. The minimum absolute atomic E-state index is 0.0258. The van der Waals surface area contributed by atoms with Crippen LogP contribution in [0, 0.1) is 0 Å². The highest BCUT2D eigenvalue weighted by Crippen LogP contribution is 2.48. The lowest BCUT2D eigenvalue weighted by Crippen LogP contribution is -2.38. The van der Waals surface area contributed by atoms with E-state index < -0.39 is 6.04 Å². The van der Waals surface area contributed by atoms with Crippen molar-refractivity contribution >= 4 is 34.7 Å². The van der Waals surface area contributed by atoms with Gasteiger partial charge in [-0.1, -0.05) is 60.1 Å². The fraction of sp³-hybridized carbons (Fsp3) is 0.176. The van der Waals surface area contributed by atoms with Gasteiger partial charge in [-0.15, -0.1) is 0 Å². The van der Waals surface area contributed by atoms with E-state index in [1.54, 1.807) is 37.3 Å². The van der Waals surface area contributed by atoms with Crippen molar-refractivity contribution in [1.82, 2.24) is 0 Å². The van der Waals surface area contributed by atoms with Crippen molar-refractivity contribution in [3.05, 3.63) is 130 Å². The molecule has 4 aromatic carbocycles. The minimum Gasteiger partial charge on any atom is -0.493 e. The van der Waals surface area contributed by atoms with Gasteiger partial charge in [0.25, 0.3) is 5.91 Å². The van der Waals surface area contributed by atoms with Crippen LogP contribution in [0.5, 0.6) is 11.5 Å². The molecule has 1 amide bonds. The molecule has 206 valence electrons. The van der Waals surface area contributed by atoms with Gasteiger partial charge in [-0.25, -0.2) is 0 Å². The molecular formula is C34H29ClN2O4. The number of benzene rings is 4. The number of amides is 1. The Morgan fingerprint density at radius 2 is 1.59 bits per heavy atom. The van der Waals surface area contributed by atoms with Crippen LogP contribution in [-0.4, -0.2) is 25.9 Å². The third-order valence-corrected chi connectivity index (χ3v) is 8.01. The Hall–Kier alpha value is -4.55. The topological polar surface area (TPSA) is 67.9 Å². The standard InChI is InChI=1S/C34H29ClN2O4/c1-40-30-16-15-22(20-31(30)41-2)24-18-27-32(29(38)19-24)33(23-11-8-12-25(35)17-23)37(28-14-7-6-13-26(28)36-27)34(39)21-9-4-3-5-10-21/h3-17,20,24,33,36H,18-19H2,1-2H3/t24-,33+/m1/s1. The van der Waals surface area contributed by atoms with Crippen LogP contribution in [0.25, 0.3) is 0 Å². The highest BCUT2D eigenvalue weighted by atomic mass is 35.5. The third kappa shape index (κ3) is 4.96. The maximum absolute atomic E-state index is 14.3. The average Bonchev–Trinajstić information content (AvgIpc) is 3.15. The summed E-state index contributed by atoms with van der Waals surface area (Å²) in [5.74, 6) is 0.941. The van der Waals surface area contributed by atoms with Gasteiger partial charge in [0, 0.05) is 28.3 Å². The van der Waals surface area contributed by atoms with Crippen molar-refractivity contribution in [2.45, 2.75) is 24.8 Å². The summed E-state index contributed by atoms with van der Waals surface area (Å²) >= 11 is 6.48. The Morgan fingerprint density at radius 3 is 2.34 bits per heavy atom. The lowest BCUT2D eigenvalue weighted by molar-refractivity contribution is -0.116. The fourth-order valence-corrected chi connectivity index (χ4v) is 6.07. The number of nitrogens with one attached hydrogen (secondary N) is 1. The van der Waals surface area contributed by atoms with Crippen LogP contribution < -0.4 is 19.7 Å². The summed E-state index contributed by atoms with van der Waals surface area (Å²) in [5, 5.41) is 4.11. The van der Waals surface area contributed by atoms with Crippen molar-refractivity contribution in [1.29, 1.82) is 0 Å². The van der Waals surface area contributed by atoms with E-state index >= 15 is 0 Å². The molecule has 0 bridgehead atoms. The van der Waals surface area contributed by atoms with Crippen LogP contribution in [0.15, 0.2) is 108 Å². The van der Waals surface area contributed by atoms with E-state index in [9.17, 15) is 9.59 Å². The summed E-state index contributed by atoms with van der Waals surface area (Å²) in [6.45, 7) is 0. The number of rotatable bonds is 5. The zero-order valence-corrected chi connectivity index (χ0v) is 23.5. The van der Waals surface area contributed by atoms with Crippen LogP contribution in [-0.2, 0) is 4.79 Å². The van der Waals surface area contributed by atoms with Gasteiger partial charge >= 0.3 is 0 Å². The Balaban J connectivity index is 1.53. The molecule has 1 aliphatic heterocycles. The van der Waals surface area contributed by atoms with E-state index in [0.29, 0.717) is 39.8 Å². The first-order valence-electron chi connectivity index (χ1n) is 13.5. The number of anilines is 2. The van der Waals surface area contributed by atoms with Gasteiger partial charge < -0.3 is 14.8 Å². The van der Waals surface area contributed by atoms with Crippen molar-refractivity contribution in [3.63, 3.8) is 0 Å². The van der Waals surface area contributed by atoms with E-state index in [4.69, 9.17) is 21.1 Å². The van der Waals surface area contributed by atoms with Gasteiger partial charge in [-0.05, 0) is 72.0 Å². The largest absolute Gasteiger partial charge is 0.493 e. The molecule has 6 rings (SSSR count). The van der Waals surface area contributed by atoms with Crippen LogP contribution in [0.1, 0.15) is 46.3 Å². The second-order valence-electron chi connectivity index (χ2n) is 10.2. The molecule has 6 nitrogen and oxygen atoms in total. The molecule has 1 aliphatic carbocycles. The van der Waals surface area contributed by atoms with Gasteiger partial charge in [0.05, 0.1) is 31.6 Å². The van der Waals surface area contributed by atoms with Crippen molar-refractivity contribution in [2.75, 3.05) is 24.4 Å². The van der Waals surface area contributed by atoms with Gasteiger partial charge in [-0.3, -0.25) is 14.5 Å². The summed E-state index contributed by atoms with van der Waals surface area (Å²) in [6, 6.07) is 29.4. The Kier molecular flexibility index (Phi) is 7.25. The van der Waals surface area contributed by atoms with Crippen molar-refractivity contribution in [3.8, 4) is 11.5 Å². The summed E-state index contributed by atoms with van der Waals surface area (Å²) < 4.78 is 11.0. The number of methoxy groups -OCH3 is 2. The van der Waals surface area contributed by atoms with Crippen molar-refractivity contribution < 1.29 is 19.1 Å². The lowest BCUT2D eigenvalue weighted by atomic mass is 9.78. The van der Waals surface area contributed by atoms with Gasteiger partial charge in [0.2, 0.25) is 0 Å². The van der Waals surface area contributed by atoms with Crippen LogP contribution in [0.2, 0.25) is 5.02 Å². The predicted octanol–water partition coefficient (Wildman–Crippen LogP) is 7.57. The quantitative estimate of drug-likeness (QED) is 0.271. The second-order valence-corrected chi connectivity index (χ2v) is 10.6. The highest BCUT2D eigenvalue weighted by Gasteiger charge is 2.42. The molecule has 2 atom stereocenters. The molecule has 0 aromatic heterocycles. The normalized spacial score (nSPS) is 18.1. The number of fused-ring (bicyclic) bond motifs is 1. The SMILES string of the molecule is COc1ccc([C@H]2CC(=O)C3=C(C2)Nc2ccccc2N(C(=O)c2ccccc2)[C@H]3c2cccc(Cl)c2)cc1OC. The first-order chi connectivity index (χ1) is 20.0. The molecule has 0 unspecified atom stereocenters. The van der Waals surface area contributed by atoms with Crippen LogP contribution in [0.4, 0.5) is 11.4 Å². The number of carbonyl (C=O) groups excluding carboxylic acids is 2. The number of carbonyl (C=O) groups is 2. The Morgan fingerprint density at radius 1 is 0.829 bits per heavy atom. The summed E-state index contributed by atoms with van der Waals surface area (Å²) in [5.41, 5.74) is 5.10.